The second kappa shape index (κ2) is 7.48. The topological polar surface area (TPSA) is 65.7 Å². The van der Waals surface area contributed by atoms with Crippen molar-refractivity contribution < 1.29 is 14.3 Å². The molecule has 0 spiro atoms. The van der Waals surface area contributed by atoms with Crippen molar-refractivity contribution in [2.75, 3.05) is 26.2 Å². The number of furan rings is 1. The maximum absolute atomic E-state index is 12.5. The molecule has 0 saturated carbocycles. The van der Waals surface area contributed by atoms with Gasteiger partial charge in [0.1, 0.15) is 17.1 Å². The van der Waals surface area contributed by atoms with Crippen LogP contribution in [0, 0.1) is 18.8 Å². The third-order valence-electron chi connectivity index (χ3n) is 4.96. The summed E-state index contributed by atoms with van der Waals surface area (Å²) >= 11 is 0. The van der Waals surface area contributed by atoms with Gasteiger partial charge in [0.2, 0.25) is 0 Å². The van der Waals surface area contributed by atoms with Crippen LogP contribution in [0.5, 0.6) is 5.75 Å². The number of nitrogens with zero attached hydrogens (tertiary/aromatic N) is 1. The second-order valence-electron chi connectivity index (χ2n) is 7.53. The number of amides is 1. The highest BCUT2D eigenvalue weighted by Crippen LogP contribution is 2.28. The average Bonchev–Trinajstić information content (AvgIpc) is 2.85. The molecule has 136 valence electrons. The van der Waals surface area contributed by atoms with Gasteiger partial charge in [-0.3, -0.25) is 4.79 Å². The maximum Gasteiger partial charge on any atom is 0.255 e. The molecule has 25 heavy (non-hydrogen) atoms. The lowest BCUT2D eigenvalue weighted by molar-refractivity contribution is 0.0947. The molecule has 2 unspecified atom stereocenters. The molecule has 5 nitrogen and oxygen atoms in total. The van der Waals surface area contributed by atoms with Crippen LogP contribution < -0.4 is 5.32 Å². The van der Waals surface area contributed by atoms with Crippen LogP contribution in [0.1, 0.15) is 42.8 Å². The summed E-state index contributed by atoms with van der Waals surface area (Å²) in [6.07, 6.45) is 2.25. The van der Waals surface area contributed by atoms with Gasteiger partial charge in [-0.2, -0.15) is 0 Å². The summed E-state index contributed by atoms with van der Waals surface area (Å²) in [6.45, 7) is 10.4. The van der Waals surface area contributed by atoms with Gasteiger partial charge in [0.05, 0.1) is 5.56 Å². The molecule has 1 aromatic heterocycles. The molecule has 1 aromatic carbocycles. The average molecular weight is 344 g/mol. The zero-order valence-corrected chi connectivity index (χ0v) is 15.3. The molecular weight excluding hydrogens is 316 g/mol. The van der Waals surface area contributed by atoms with Crippen LogP contribution in [0.2, 0.25) is 0 Å². The Hall–Kier alpha value is -2.01. The van der Waals surface area contributed by atoms with Crippen molar-refractivity contribution in [1.82, 2.24) is 10.2 Å². The number of piperidine rings is 1. The molecule has 1 amide bonds. The Morgan fingerprint density at radius 3 is 2.76 bits per heavy atom. The monoisotopic (exact) mass is 344 g/mol. The number of likely N-dealkylation sites (tertiary alicyclic amines) is 1. The Labute approximate surface area is 149 Å². The van der Waals surface area contributed by atoms with Crippen molar-refractivity contribution in [1.29, 1.82) is 0 Å². The molecule has 0 bridgehead atoms. The maximum atomic E-state index is 12.5. The summed E-state index contributed by atoms with van der Waals surface area (Å²) < 4.78 is 5.62. The highest BCUT2D eigenvalue weighted by molar-refractivity contribution is 6.07. The van der Waals surface area contributed by atoms with Gasteiger partial charge in [-0.05, 0) is 56.3 Å². The summed E-state index contributed by atoms with van der Waals surface area (Å²) in [5, 5.41) is 13.3. The van der Waals surface area contributed by atoms with Crippen LogP contribution in [0.3, 0.4) is 0 Å². The van der Waals surface area contributed by atoms with E-state index in [9.17, 15) is 9.90 Å². The van der Waals surface area contributed by atoms with Crippen molar-refractivity contribution in [2.24, 2.45) is 11.8 Å². The minimum atomic E-state index is -0.137. The van der Waals surface area contributed by atoms with Gasteiger partial charge in [0, 0.05) is 25.0 Å². The van der Waals surface area contributed by atoms with E-state index >= 15 is 0 Å². The fourth-order valence-corrected chi connectivity index (χ4v) is 4.06. The van der Waals surface area contributed by atoms with E-state index in [4.69, 9.17) is 4.42 Å². The standard InChI is InChI=1S/C20H28N2O3/c1-13-9-14(2)12-22(11-13)8-4-7-21-20(24)19-15(3)25-18-6-5-16(23)10-17(18)19/h5-6,10,13-14,23H,4,7-9,11-12H2,1-3H3,(H,21,24). The summed E-state index contributed by atoms with van der Waals surface area (Å²) in [4.78, 5) is 15.0. The van der Waals surface area contributed by atoms with E-state index in [1.807, 2.05) is 0 Å². The van der Waals surface area contributed by atoms with Gasteiger partial charge in [-0.1, -0.05) is 13.8 Å². The van der Waals surface area contributed by atoms with Crippen molar-refractivity contribution >= 4 is 16.9 Å². The smallest absolute Gasteiger partial charge is 0.255 e. The molecule has 2 heterocycles. The Balaban J connectivity index is 1.55. The second-order valence-corrected chi connectivity index (χ2v) is 7.53. The van der Waals surface area contributed by atoms with Gasteiger partial charge >= 0.3 is 0 Å². The molecule has 1 aliphatic rings. The molecule has 2 aromatic rings. The molecule has 1 fully saturated rings. The third kappa shape index (κ3) is 4.15. The quantitative estimate of drug-likeness (QED) is 0.814. The van der Waals surface area contributed by atoms with Gasteiger partial charge in [-0.15, -0.1) is 0 Å². The fourth-order valence-electron chi connectivity index (χ4n) is 4.06. The first kappa shape index (κ1) is 17.8. The Kier molecular flexibility index (Phi) is 5.33. The highest BCUT2D eigenvalue weighted by Gasteiger charge is 2.21. The van der Waals surface area contributed by atoms with Gasteiger partial charge in [0.15, 0.2) is 0 Å². The molecule has 2 N–H and O–H groups in total. The largest absolute Gasteiger partial charge is 0.508 e. The minimum absolute atomic E-state index is 0.135. The lowest BCUT2D eigenvalue weighted by Gasteiger charge is -2.34. The molecule has 0 aliphatic carbocycles. The zero-order chi connectivity index (χ0) is 18.0. The van der Waals surface area contributed by atoms with E-state index in [2.05, 4.69) is 24.1 Å². The SMILES string of the molecule is Cc1oc2ccc(O)cc2c1C(=O)NCCCN1CC(C)CC(C)C1. The summed E-state index contributed by atoms with van der Waals surface area (Å²) in [6, 6.07) is 4.83. The Morgan fingerprint density at radius 2 is 2.04 bits per heavy atom. The number of nitrogens with one attached hydrogen (secondary N) is 1. The number of rotatable bonds is 5. The number of hydrogen-bond acceptors (Lipinski definition) is 4. The fraction of sp³-hybridized carbons (Fsp3) is 0.550. The zero-order valence-electron chi connectivity index (χ0n) is 15.3. The number of phenolic OH excluding ortho intramolecular Hbond substituents is 1. The number of benzene rings is 1. The first-order chi connectivity index (χ1) is 11.9. The van der Waals surface area contributed by atoms with Crippen molar-refractivity contribution in [2.45, 2.75) is 33.6 Å². The Morgan fingerprint density at radius 1 is 1.32 bits per heavy atom. The molecule has 2 atom stereocenters. The van der Waals surface area contributed by atoms with Crippen molar-refractivity contribution in [3.05, 3.63) is 29.5 Å². The first-order valence-corrected chi connectivity index (χ1v) is 9.16. The number of carbonyl (C=O) groups excluding carboxylic acids is 1. The summed E-state index contributed by atoms with van der Waals surface area (Å²) in [5.74, 6) is 2.09. The van der Waals surface area contributed by atoms with E-state index in [1.54, 1.807) is 25.1 Å². The minimum Gasteiger partial charge on any atom is -0.508 e. The predicted molar refractivity (Wildman–Crippen MR) is 99.0 cm³/mol. The first-order valence-electron chi connectivity index (χ1n) is 9.16. The number of fused-ring (bicyclic) bond motifs is 1. The molecule has 3 rings (SSSR count). The lowest BCUT2D eigenvalue weighted by atomic mass is 9.92. The van der Waals surface area contributed by atoms with E-state index in [0.29, 0.717) is 28.8 Å². The number of aromatic hydroxyl groups is 1. The predicted octanol–water partition coefficient (Wildman–Crippen LogP) is 3.54. The van der Waals surface area contributed by atoms with Gasteiger partial charge < -0.3 is 19.7 Å². The third-order valence-corrected chi connectivity index (χ3v) is 4.96. The van der Waals surface area contributed by atoms with E-state index in [-0.39, 0.29) is 11.7 Å². The van der Waals surface area contributed by atoms with Crippen LogP contribution in [-0.2, 0) is 0 Å². The van der Waals surface area contributed by atoms with Gasteiger partial charge in [-0.25, -0.2) is 0 Å². The Bertz CT molecular complexity index is 743. The van der Waals surface area contributed by atoms with Crippen LogP contribution in [0.25, 0.3) is 11.0 Å². The lowest BCUT2D eigenvalue weighted by Crippen LogP contribution is -2.40. The van der Waals surface area contributed by atoms with Crippen LogP contribution in [-0.4, -0.2) is 42.1 Å². The van der Waals surface area contributed by atoms with Crippen LogP contribution >= 0.6 is 0 Å². The molecular formula is C20H28N2O3. The van der Waals surface area contributed by atoms with Crippen molar-refractivity contribution in [3.63, 3.8) is 0 Å². The number of hydrogen-bond donors (Lipinski definition) is 2. The van der Waals surface area contributed by atoms with E-state index in [1.165, 1.54) is 6.42 Å². The van der Waals surface area contributed by atoms with Gasteiger partial charge in [0.25, 0.3) is 5.91 Å². The van der Waals surface area contributed by atoms with E-state index < -0.39 is 0 Å². The molecule has 1 aliphatic heterocycles. The van der Waals surface area contributed by atoms with Crippen LogP contribution in [0.4, 0.5) is 0 Å². The molecule has 0 radical (unpaired) electrons. The normalized spacial score (nSPS) is 21.6. The summed E-state index contributed by atoms with van der Waals surface area (Å²) in [5.41, 5.74) is 1.14. The molecule has 5 heteroatoms. The number of carbonyl (C=O) groups is 1. The highest BCUT2D eigenvalue weighted by atomic mass is 16.3. The molecule has 1 saturated heterocycles. The summed E-state index contributed by atoms with van der Waals surface area (Å²) in [7, 11) is 0. The van der Waals surface area contributed by atoms with E-state index in [0.717, 1.165) is 37.9 Å². The van der Waals surface area contributed by atoms with Crippen LogP contribution in [0.15, 0.2) is 22.6 Å². The number of phenols is 1. The van der Waals surface area contributed by atoms with Crippen molar-refractivity contribution in [3.8, 4) is 5.75 Å². The number of aryl methyl sites for hydroxylation is 1.